The molecule has 2 aromatic rings. The van der Waals surface area contributed by atoms with Crippen LogP contribution in [0.5, 0.6) is 5.75 Å². The smallest absolute Gasteiger partial charge is 0.341 e. The second-order valence-electron chi connectivity index (χ2n) is 4.03. The molecule has 20 heavy (non-hydrogen) atoms. The van der Waals surface area contributed by atoms with E-state index in [0.717, 1.165) is 0 Å². The molecule has 1 amide bonds. The fraction of sp³-hybridized carbons (Fsp3) is 0.0667. The lowest BCUT2D eigenvalue weighted by molar-refractivity contribution is -0.139. The number of aliphatic carboxylic acids is 1. The first-order valence-electron chi connectivity index (χ1n) is 5.96. The fourth-order valence-corrected chi connectivity index (χ4v) is 1.57. The van der Waals surface area contributed by atoms with E-state index in [-0.39, 0.29) is 5.91 Å². The van der Waals surface area contributed by atoms with E-state index >= 15 is 0 Å². The summed E-state index contributed by atoms with van der Waals surface area (Å²) in [6, 6.07) is 15.4. The number of nitrogens with one attached hydrogen (secondary N) is 1. The summed E-state index contributed by atoms with van der Waals surface area (Å²) in [5, 5.41) is 11.2. The van der Waals surface area contributed by atoms with Gasteiger partial charge in [-0.2, -0.15) is 0 Å². The summed E-state index contributed by atoms with van der Waals surface area (Å²) >= 11 is 0. The molecule has 0 aromatic heterocycles. The Morgan fingerprint density at radius 3 is 2.25 bits per heavy atom. The molecule has 0 heterocycles. The second-order valence-corrected chi connectivity index (χ2v) is 4.03. The third-order valence-corrected chi connectivity index (χ3v) is 2.51. The zero-order chi connectivity index (χ0) is 14.4. The molecule has 0 radical (unpaired) electrons. The van der Waals surface area contributed by atoms with E-state index < -0.39 is 12.6 Å². The van der Waals surface area contributed by atoms with Crippen molar-refractivity contribution >= 4 is 17.6 Å². The van der Waals surface area contributed by atoms with Crippen molar-refractivity contribution < 1.29 is 19.4 Å². The molecule has 0 aliphatic rings. The summed E-state index contributed by atoms with van der Waals surface area (Å²) in [5.74, 6) is -0.804. The molecule has 0 spiro atoms. The lowest BCUT2D eigenvalue weighted by Crippen LogP contribution is -2.12. The summed E-state index contributed by atoms with van der Waals surface area (Å²) in [6.45, 7) is -0.393. The van der Waals surface area contributed by atoms with E-state index in [4.69, 9.17) is 9.84 Å². The standard InChI is InChI=1S/C15H13NO4/c17-14(18)10-20-13-8-6-12(7-9-13)16-15(19)11-4-2-1-3-5-11/h1-9H,10H2,(H,16,19)(H,17,18). The number of hydrogen-bond acceptors (Lipinski definition) is 3. The fourth-order valence-electron chi connectivity index (χ4n) is 1.57. The normalized spacial score (nSPS) is 9.80. The van der Waals surface area contributed by atoms with Crippen LogP contribution in [0, 0.1) is 0 Å². The van der Waals surface area contributed by atoms with Crippen LogP contribution in [0.3, 0.4) is 0 Å². The van der Waals surface area contributed by atoms with Gasteiger partial charge in [0, 0.05) is 11.3 Å². The average molecular weight is 271 g/mol. The van der Waals surface area contributed by atoms with Crippen LogP contribution in [0.2, 0.25) is 0 Å². The maximum Gasteiger partial charge on any atom is 0.341 e. The second kappa shape index (κ2) is 6.38. The minimum Gasteiger partial charge on any atom is -0.482 e. The van der Waals surface area contributed by atoms with Gasteiger partial charge in [-0.05, 0) is 36.4 Å². The van der Waals surface area contributed by atoms with E-state index in [1.54, 1.807) is 48.5 Å². The number of hydrogen-bond donors (Lipinski definition) is 2. The topological polar surface area (TPSA) is 75.6 Å². The quantitative estimate of drug-likeness (QED) is 0.875. The average Bonchev–Trinajstić information content (AvgIpc) is 2.47. The Hall–Kier alpha value is -2.82. The molecule has 5 nitrogen and oxygen atoms in total. The van der Waals surface area contributed by atoms with Crippen LogP contribution in [0.4, 0.5) is 5.69 Å². The number of amides is 1. The molecule has 2 N–H and O–H groups in total. The van der Waals surface area contributed by atoms with Crippen LogP contribution < -0.4 is 10.1 Å². The van der Waals surface area contributed by atoms with Crippen LogP contribution in [0.15, 0.2) is 54.6 Å². The zero-order valence-corrected chi connectivity index (χ0v) is 10.6. The minimum atomic E-state index is -1.04. The van der Waals surface area contributed by atoms with Crippen LogP contribution in [-0.2, 0) is 4.79 Å². The van der Waals surface area contributed by atoms with E-state index in [1.807, 2.05) is 6.07 Å². The molecule has 0 saturated carbocycles. The third-order valence-electron chi connectivity index (χ3n) is 2.51. The Balaban J connectivity index is 1.97. The molecule has 0 aliphatic carbocycles. The van der Waals surface area contributed by atoms with E-state index in [0.29, 0.717) is 17.0 Å². The number of carboxylic acids is 1. The Bertz CT molecular complexity index is 593. The zero-order valence-electron chi connectivity index (χ0n) is 10.6. The highest BCUT2D eigenvalue weighted by atomic mass is 16.5. The molecule has 102 valence electrons. The molecule has 5 heteroatoms. The van der Waals surface area contributed by atoms with Gasteiger partial charge in [0.15, 0.2) is 6.61 Å². The molecule has 0 unspecified atom stereocenters. The molecule has 0 bridgehead atoms. The van der Waals surface area contributed by atoms with Crippen molar-refractivity contribution in [2.45, 2.75) is 0 Å². The van der Waals surface area contributed by atoms with Gasteiger partial charge in [0.2, 0.25) is 0 Å². The highest BCUT2D eigenvalue weighted by Crippen LogP contribution is 2.16. The van der Waals surface area contributed by atoms with Crippen molar-refractivity contribution in [2.24, 2.45) is 0 Å². The molecule has 2 aromatic carbocycles. The lowest BCUT2D eigenvalue weighted by Gasteiger charge is -2.07. The summed E-state index contributed by atoms with van der Waals surface area (Å²) in [5.41, 5.74) is 1.18. The van der Waals surface area contributed by atoms with Gasteiger partial charge in [0.05, 0.1) is 0 Å². The van der Waals surface area contributed by atoms with Crippen LogP contribution in [0.1, 0.15) is 10.4 Å². The van der Waals surface area contributed by atoms with Crippen LogP contribution in [-0.4, -0.2) is 23.6 Å². The number of rotatable bonds is 5. The van der Waals surface area contributed by atoms with Gasteiger partial charge in [-0.3, -0.25) is 4.79 Å². The van der Waals surface area contributed by atoms with E-state index in [9.17, 15) is 9.59 Å². The highest BCUT2D eigenvalue weighted by molar-refractivity contribution is 6.04. The maximum atomic E-state index is 11.9. The van der Waals surface area contributed by atoms with Gasteiger partial charge >= 0.3 is 5.97 Å². The predicted octanol–water partition coefficient (Wildman–Crippen LogP) is 2.40. The molecular weight excluding hydrogens is 258 g/mol. The Morgan fingerprint density at radius 2 is 1.65 bits per heavy atom. The first kappa shape index (κ1) is 13.6. The number of carbonyl (C=O) groups excluding carboxylic acids is 1. The molecular formula is C15H13NO4. The minimum absolute atomic E-state index is 0.204. The number of benzene rings is 2. The Labute approximate surface area is 115 Å². The predicted molar refractivity (Wildman–Crippen MR) is 74.0 cm³/mol. The SMILES string of the molecule is O=C(O)COc1ccc(NC(=O)c2ccccc2)cc1. The molecule has 0 aliphatic heterocycles. The first-order chi connectivity index (χ1) is 9.65. The van der Waals surface area contributed by atoms with Gasteiger partial charge in [0.1, 0.15) is 5.75 Å². The molecule has 0 saturated heterocycles. The van der Waals surface area contributed by atoms with Gasteiger partial charge in [0.25, 0.3) is 5.91 Å². The van der Waals surface area contributed by atoms with Gasteiger partial charge in [-0.1, -0.05) is 18.2 Å². The monoisotopic (exact) mass is 271 g/mol. The summed E-state index contributed by atoms with van der Waals surface area (Å²) in [6.07, 6.45) is 0. The Morgan fingerprint density at radius 1 is 1.00 bits per heavy atom. The van der Waals surface area contributed by atoms with Gasteiger partial charge < -0.3 is 15.2 Å². The van der Waals surface area contributed by atoms with Crippen LogP contribution >= 0.6 is 0 Å². The Kier molecular flexibility index (Phi) is 4.34. The molecule has 0 fully saturated rings. The van der Waals surface area contributed by atoms with Gasteiger partial charge in [-0.25, -0.2) is 4.79 Å². The summed E-state index contributed by atoms with van der Waals surface area (Å²) in [4.78, 5) is 22.3. The third kappa shape index (κ3) is 3.84. The van der Waals surface area contributed by atoms with Crippen molar-refractivity contribution in [2.75, 3.05) is 11.9 Å². The van der Waals surface area contributed by atoms with Crippen molar-refractivity contribution in [1.82, 2.24) is 0 Å². The largest absolute Gasteiger partial charge is 0.482 e. The highest BCUT2D eigenvalue weighted by Gasteiger charge is 2.05. The number of carbonyl (C=O) groups is 2. The summed E-state index contributed by atoms with van der Waals surface area (Å²) < 4.78 is 5.00. The number of anilines is 1. The van der Waals surface area contributed by atoms with Crippen molar-refractivity contribution in [3.63, 3.8) is 0 Å². The number of carboxylic acid groups (broad SMARTS) is 1. The number of ether oxygens (including phenoxy) is 1. The lowest BCUT2D eigenvalue weighted by atomic mass is 10.2. The maximum absolute atomic E-state index is 11.9. The first-order valence-corrected chi connectivity index (χ1v) is 5.96. The van der Waals surface area contributed by atoms with Gasteiger partial charge in [-0.15, -0.1) is 0 Å². The summed E-state index contributed by atoms with van der Waals surface area (Å²) in [7, 11) is 0. The van der Waals surface area contributed by atoms with Crippen molar-refractivity contribution in [3.8, 4) is 5.75 Å². The van der Waals surface area contributed by atoms with Crippen molar-refractivity contribution in [3.05, 3.63) is 60.2 Å². The van der Waals surface area contributed by atoms with Crippen molar-refractivity contribution in [1.29, 1.82) is 0 Å². The van der Waals surface area contributed by atoms with E-state index in [1.165, 1.54) is 0 Å². The molecule has 2 rings (SSSR count). The molecule has 0 atom stereocenters. The van der Waals surface area contributed by atoms with Crippen LogP contribution in [0.25, 0.3) is 0 Å². The van der Waals surface area contributed by atoms with E-state index in [2.05, 4.69) is 5.32 Å².